The number of carbonyl (C=O) groups is 2. The van der Waals surface area contributed by atoms with Crippen molar-refractivity contribution in [1.82, 2.24) is 0 Å². The number of rotatable bonds is 6. The van der Waals surface area contributed by atoms with Crippen LogP contribution in [0.4, 0.5) is 0 Å². The number of hydrogen-bond acceptors (Lipinski definition) is 5. The van der Waals surface area contributed by atoms with Gasteiger partial charge in [0.25, 0.3) is 0 Å². The molecule has 0 aromatic rings. The SMILES string of the molecule is COC(=O)C[CH2][Sn](=[S])[CH2]CC(=O)OC. The summed E-state index contributed by atoms with van der Waals surface area (Å²) >= 11 is -1.90. The first kappa shape index (κ1) is 14.0. The van der Waals surface area contributed by atoms with Gasteiger partial charge in [0.15, 0.2) is 0 Å². The normalized spacial score (nSPS) is 9.29. The molecule has 0 aliphatic heterocycles. The molecular weight excluding hydrogens is 311 g/mol. The molecule has 4 nitrogen and oxygen atoms in total. The van der Waals surface area contributed by atoms with Crippen LogP contribution < -0.4 is 0 Å². The second-order valence-electron chi connectivity index (χ2n) is 2.69. The molecule has 0 amide bonds. The summed E-state index contributed by atoms with van der Waals surface area (Å²) in [7, 11) is 7.98. The van der Waals surface area contributed by atoms with Crippen LogP contribution in [-0.2, 0) is 19.1 Å². The number of esters is 2. The zero-order chi connectivity index (χ0) is 11.0. The van der Waals surface area contributed by atoms with Crippen LogP contribution >= 0.6 is 9.29 Å². The van der Waals surface area contributed by atoms with Crippen LogP contribution in [0.5, 0.6) is 0 Å². The van der Waals surface area contributed by atoms with Crippen molar-refractivity contribution in [3.8, 4) is 0 Å². The van der Waals surface area contributed by atoms with E-state index in [1.165, 1.54) is 14.2 Å². The molecule has 80 valence electrons. The Hall–Kier alpha value is -0.0413. The number of ether oxygens (including phenoxy) is 2. The third-order valence-electron chi connectivity index (χ3n) is 1.67. The van der Waals surface area contributed by atoms with Crippen molar-refractivity contribution in [2.24, 2.45) is 0 Å². The van der Waals surface area contributed by atoms with Gasteiger partial charge in [-0.3, -0.25) is 0 Å². The minimum absolute atomic E-state index is 0.217. The standard InChI is InChI=1S/2C4H7O2.S.Sn/c2*1-3-4(5)6-2;;/h2*1,3H2,2H3;;. The van der Waals surface area contributed by atoms with E-state index in [9.17, 15) is 9.59 Å². The van der Waals surface area contributed by atoms with Crippen molar-refractivity contribution in [1.29, 1.82) is 0 Å². The van der Waals surface area contributed by atoms with Crippen LogP contribution in [0.1, 0.15) is 12.8 Å². The molecule has 0 bridgehead atoms. The number of hydrogen-bond donors (Lipinski definition) is 0. The Morgan fingerprint density at radius 1 is 1.07 bits per heavy atom. The summed E-state index contributed by atoms with van der Waals surface area (Å²) in [5.41, 5.74) is 0. The van der Waals surface area contributed by atoms with Gasteiger partial charge in [-0.1, -0.05) is 0 Å². The van der Waals surface area contributed by atoms with Crippen LogP contribution in [0.2, 0.25) is 8.87 Å². The zero-order valence-corrected chi connectivity index (χ0v) is 12.0. The fraction of sp³-hybridized carbons (Fsp3) is 0.750. The fourth-order valence-electron chi connectivity index (χ4n) is 0.812. The first-order chi connectivity index (χ1) is 6.60. The predicted octanol–water partition coefficient (Wildman–Crippen LogP) is 1.30. The summed E-state index contributed by atoms with van der Waals surface area (Å²) in [5.74, 6) is -0.433. The molecule has 0 rings (SSSR count). The third kappa shape index (κ3) is 7.37. The molecule has 0 aromatic carbocycles. The van der Waals surface area contributed by atoms with Gasteiger partial charge in [-0.2, -0.15) is 0 Å². The molecule has 0 saturated carbocycles. The van der Waals surface area contributed by atoms with E-state index < -0.39 is 17.8 Å². The summed E-state index contributed by atoms with van der Waals surface area (Å²) in [6.45, 7) is 0. The summed E-state index contributed by atoms with van der Waals surface area (Å²) in [6, 6.07) is 0. The van der Waals surface area contributed by atoms with E-state index in [0.717, 1.165) is 8.87 Å². The molecule has 0 saturated heterocycles. The Balaban J connectivity index is 3.56. The Labute approximate surface area is 93.9 Å². The zero-order valence-electron chi connectivity index (χ0n) is 8.37. The van der Waals surface area contributed by atoms with E-state index in [0.29, 0.717) is 12.8 Å². The van der Waals surface area contributed by atoms with Crippen molar-refractivity contribution in [2.75, 3.05) is 14.2 Å². The molecule has 0 unspecified atom stereocenters. The minimum atomic E-state index is -1.90. The molecule has 0 aliphatic carbocycles. The molecule has 0 atom stereocenters. The van der Waals surface area contributed by atoms with Gasteiger partial charge in [-0.25, -0.2) is 0 Å². The third-order valence-corrected chi connectivity index (χ3v) is 9.02. The molecule has 0 N–H and O–H groups in total. The van der Waals surface area contributed by atoms with E-state index in [-0.39, 0.29) is 11.9 Å². The van der Waals surface area contributed by atoms with Gasteiger partial charge in [-0.15, -0.1) is 0 Å². The van der Waals surface area contributed by atoms with Gasteiger partial charge in [0, 0.05) is 0 Å². The van der Waals surface area contributed by atoms with Crippen LogP contribution in [0.3, 0.4) is 0 Å². The molecule has 0 fully saturated rings. The first-order valence-corrected chi connectivity index (χ1v) is 12.2. The topological polar surface area (TPSA) is 52.6 Å². The molecule has 6 heteroatoms. The van der Waals surface area contributed by atoms with E-state index in [4.69, 9.17) is 9.29 Å². The summed E-state index contributed by atoms with van der Waals surface area (Å²) < 4.78 is 10.5. The predicted molar refractivity (Wildman–Crippen MR) is 56.2 cm³/mol. The van der Waals surface area contributed by atoms with Gasteiger partial charge in [-0.05, 0) is 0 Å². The molecule has 0 heterocycles. The van der Waals surface area contributed by atoms with E-state index >= 15 is 0 Å². The Morgan fingerprint density at radius 2 is 1.43 bits per heavy atom. The van der Waals surface area contributed by atoms with Crippen molar-refractivity contribution >= 4 is 39.0 Å². The Bertz CT molecular complexity index is 207. The van der Waals surface area contributed by atoms with Crippen LogP contribution in [0.25, 0.3) is 0 Å². The number of carbonyl (C=O) groups excluding carboxylic acids is 2. The molecular formula is C8H14O4SSn. The van der Waals surface area contributed by atoms with Crippen LogP contribution in [-0.4, -0.2) is 44.0 Å². The second-order valence-corrected chi connectivity index (χ2v) is 12.5. The van der Waals surface area contributed by atoms with E-state index in [1.807, 2.05) is 0 Å². The maximum absolute atomic E-state index is 10.8. The summed E-state index contributed by atoms with van der Waals surface area (Å²) in [6.07, 6.45) is 0.798. The van der Waals surface area contributed by atoms with E-state index in [2.05, 4.69) is 9.47 Å². The monoisotopic (exact) mass is 326 g/mol. The van der Waals surface area contributed by atoms with Gasteiger partial charge in [0.1, 0.15) is 0 Å². The summed E-state index contributed by atoms with van der Waals surface area (Å²) in [5, 5.41) is 0. The summed E-state index contributed by atoms with van der Waals surface area (Å²) in [4.78, 5) is 21.6. The molecule has 0 spiro atoms. The Morgan fingerprint density at radius 3 is 1.71 bits per heavy atom. The number of methoxy groups -OCH3 is 2. The van der Waals surface area contributed by atoms with Crippen LogP contribution in [0, 0.1) is 0 Å². The maximum atomic E-state index is 10.8. The molecule has 0 aliphatic rings. The molecule has 0 aromatic heterocycles. The van der Waals surface area contributed by atoms with Crippen molar-refractivity contribution in [2.45, 2.75) is 21.7 Å². The van der Waals surface area contributed by atoms with Gasteiger partial charge in [0.2, 0.25) is 0 Å². The second kappa shape index (κ2) is 8.28. The van der Waals surface area contributed by atoms with Crippen molar-refractivity contribution < 1.29 is 19.1 Å². The van der Waals surface area contributed by atoms with Crippen molar-refractivity contribution in [3.63, 3.8) is 0 Å². The van der Waals surface area contributed by atoms with E-state index in [1.54, 1.807) is 0 Å². The van der Waals surface area contributed by atoms with Gasteiger partial charge < -0.3 is 0 Å². The fourth-order valence-corrected chi connectivity index (χ4v) is 5.65. The van der Waals surface area contributed by atoms with Gasteiger partial charge >= 0.3 is 94.0 Å². The average molecular weight is 325 g/mol. The van der Waals surface area contributed by atoms with Gasteiger partial charge in [0.05, 0.1) is 0 Å². The first-order valence-electron chi connectivity index (χ1n) is 4.25. The Kier molecular flexibility index (Phi) is 8.26. The van der Waals surface area contributed by atoms with Crippen LogP contribution in [0.15, 0.2) is 0 Å². The molecule has 14 heavy (non-hydrogen) atoms. The molecule has 0 radical (unpaired) electrons. The van der Waals surface area contributed by atoms with Crippen molar-refractivity contribution in [3.05, 3.63) is 0 Å². The average Bonchev–Trinajstić information content (AvgIpc) is 2.22. The quantitative estimate of drug-likeness (QED) is 0.544.